The molecule has 0 aliphatic rings. The van der Waals surface area contributed by atoms with Crippen molar-refractivity contribution in [2.45, 2.75) is 27.2 Å². The van der Waals surface area contributed by atoms with E-state index in [0.29, 0.717) is 5.57 Å². The van der Waals surface area contributed by atoms with Gasteiger partial charge in [-0.3, -0.25) is 0 Å². The number of allylic oxidation sites excluding steroid dienone is 1. The van der Waals surface area contributed by atoms with Crippen molar-refractivity contribution >= 4 is 11.6 Å². The Morgan fingerprint density at radius 2 is 1.72 bits per heavy atom. The molecule has 0 atom stereocenters. The maximum absolute atomic E-state index is 9.56. The Bertz CT molecular complexity index is 936. The molecule has 124 valence electrons. The van der Waals surface area contributed by atoms with E-state index in [2.05, 4.69) is 61.7 Å². The van der Waals surface area contributed by atoms with Crippen molar-refractivity contribution < 1.29 is 0 Å². The van der Waals surface area contributed by atoms with Crippen LogP contribution in [0.1, 0.15) is 35.0 Å². The largest absolute Gasteiger partial charge is 0.318 e. The lowest BCUT2D eigenvalue weighted by atomic mass is 10.0. The van der Waals surface area contributed by atoms with Gasteiger partial charge < -0.3 is 4.57 Å². The third-order valence-electron chi connectivity index (χ3n) is 4.58. The first-order valence-corrected chi connectivity index (χ1v) is 8.59. The standard InChI is InChI=1S/C23H22N2/c1-4-19-10-12-23(13-11-19)25-17(2)14-21(18(25)3)15-22(16-24)20-8-6-5-7-9-20/h5-15H,4H2,1-3H3/b22-15+. The first-order valence-electron chi connectivity index (χ1n) is 8.59. The van der Waals surface area contributed by atoms with E-state index in [1.165, 1.54) is 11.3 Å². The van der Waals surface area contributed by atoms with Gasteiger partial charge in [0.2, 0.25) is 0 Å². The van der Waals surface area contributed by atoms with Crippen LogP contribution in [0.3, 0.4) is 0 Å². The van der Waals surface area contributed by atoms with E-state index >= 15 is 0 Å². The number of nitriles is 1. The van der Waals surface area contributed by atoms with Crippen LogP contribution in [0, 0.1) is 25.2 Å². The minimum Gasteiger partial charge on any atom is -0.318 e. The average Bonchev–Trinajstić information content (AvgIpc) is 2.94. The Kier molecular flexibility index (Phi) is 4.86. The molecule has 2 aromatic carbocycles. The predicted octanol–water partition coefficient (Wildman–Crippen LogP) is 5.72. The highest BCUT2D eigenvalue weighted by Gasteiger charge is 2.11. The second kappa shape index (κ2) is 7.23. The smallest absolute Gasteiger partial charge is 0.0998 e. The molecule has 0 unspecified atom stereocenters. The molecule has 0 saturated heterocycles. The summed E-state index contributed by atoms with van der Waals surface area (Å²) < 4.78 is 2.24. The first-order chi connectivity index (χ1) is 12.1. The summed E-state index contributed by atoms with van der Waals surface area (Å²) >= 11 is 0. The fourth-order valence-corrected chi connectivity index (χ4v) is 3.17. The molecule has 2 heteroatoms. The molecule has 2 nitrogen and oxygen atoms in total. The van der Waals surface area contributed by atoms with Crippen molar-refractivity contribution in [2.75, 3.05) is 0 Å². The molecule has 1 heterocycles. The minimum atomic E-state index is 0.683. The number of benzene rings is 2. The summed E-state index contributed by atoms with van der Waals surface area (Å²) in [6.45, 7) is 6.37. The molecule has 3 aromatic rings. The van der Waals surface area contributed by atoms with Gasteiger partial charge in [-0.15, -0.1) is 0 Å². The zero-order chi connectivity index (χ0) is 17.8. The second-order valence-electron chi connectivity index (χ2n) is 6.22. The van der Waals surface area contributed by atoms with E-state index in [-0.39, 0.29) is 0 Å². The van der Waals surface area contributed by atoms with E-state index in [0.717, 1.165) is 28.9 Å². The molecular formula is C23H22N2. The predicted molar refractivity (Wildman–Crippen MR) is 105 cm³/mol. The van der Waals surface area contributed by atoms with E-state index in [1.807, 2.05) is 36.4 Å². The molecule has 0 amide bonds. The van der Waals surface area contributed by atoms with Gasteiger partial charge in [0.25, 0.3) is 0 Å². The fourth-order valence-electron chi connectivity index (χ4n) is 3.17. The van der Waals surface area contributed by atoms with Crippen molar-refractivity contribution in [3.8, 4) is 11.8 Å². The monoisotopic (exact) mass is 326 g/mol. The molecular weight excluding hydrogens is 304 g/mol. The summed E-state index contributed by atoms with van der Waals surface area (Å²) in [7, 11) is 0. The van der Waals surface area contributed by atoms with Gasteiger partial charge in [-0.25, -0.2) is 0 Å². The molecule has 0 radical (unpaired) electrons. The number of aromatic nitrogens is 1. The summed E-state index contributed by atoms with van der Waals surface area (Å²) in [5, 5.41) is 9.56. The van der Waals surface area contributed by atoms with Gasteiger partial charge >= 0.3 is 0 Å². The molecule has 0 aliphatic carbocycles. The number of hydrogen-bond acceptors (Lipinski definition) is 1. The van der Waals surface area contributed by atoms with Crippen molar-refractivity contribution in [3.63, 3.8) is 0 Å². The number of hydrogen-bond donors (Lipinski definition) is 0. The molecule has 0 fully saturated rings. The molecule has 1 aromatic heterocycles. The van der Waals surface area contributed by atoms with E-state index in [4.69, 9.17) is 0 Å². The molecule has 0 bridgehead atoms. The van der Waals surface area contributed by atoms with Gasteiger partial charge in [0.15, 0.2) is 0 Å². The topological polar surface area (TPSA) is 28.7 Å². The Morgan fingerprint density at radius 3 is 2.32 bits per heavy atom. The average molecular weight is 326 g/mol. The lowest BCUT2D eigenvalue weighted by Crippen LogP contribution is -1.99. The maximum atomic E-state index is 9.56. The highest BCUT2D eigenvalue weighted by molar-refractivity contribution is 5.90. The van der Waals surface area contributed by atoms with Crippen LogP contribution < -0.4 is 0 Å². The summed E-state index contributed by atoms with van der Waals surface area (Å²) in [5.74, 6) is 0. The lowest BCUT2D eigenvalue weighted by Gasteiger charge is -2.10. The maximum Gasteiger partial charge on any atom is 0.0998 e. The zero-order valence-electron chi connectivity index (χ0n) is 15.0. The molecule has 3 rings (SSSR count). The summed E-state index contributed by atoms with van der Waals surface area (Å²) in [6.07, 6.45) is 3.02. The minimum absolute atomic E-state index is 0.683. The van der Waals surface area contributed by atoms with Crippen LogP contribution in [0.15, 0.2) is 60.7 Å². The number of aryl methyl sites for hydroxylation is 2. The van der Waals surface area contributed by atoms with E-state index in [1.54, 1.807) is 0 Å². The SMILES string of the molecule is CCc1ccc(-n2c(C)cc(/C=C(\C#N)c3ccccc3)c2C)cc1. The normalized spacial score (nSPS) is 11.4. The van der Waals surface area contributed by atoms with Gasteiger partial charge in [-0.1, -0.05) is 49.4 Å². The van der Waals surface area contributed by atoms with E-state index in [9.17, 15) is 5.26 Å². The highest BCUT2D eigenvalue weighted by atomic mass is 15.0. The third kappa shape index (κ3) is 3.41. The lowest BCUT2D eigenvalue weighted by molar-refractivity contribution is 0.961. The van der Waals surface area contributed by atoms with Gasteiger partial charge in [0.05, 0.1) is 11.6 Å². The molecule has 0 saturated carbocycles. The van der Waals surface area contributed by atoms with Gasteiger partial charge in [0, 0.05) is 17.1 Å². The first kappa shape index (κ1) is 16.8. The number of rotatable bonds is 4. The van der Waals surface area contributed by atoms with Crippen LogP contribution in [-0.4, -0.2) is 4.57 Å². The Morgan fingerprint density at radius 1 is 1.04 bits per heavy atom. The van der Waals surface area contributed by atoms with Crippen LogP contribution in [0.5, 0.6) is 0 Å². The zero-order valence-corrected chi connectivity index (χ0v) is 15.0. The summed E-state index contributed by atoms with van der Waals surface area (Å²) in [6, 6.07) is 23.0. The Hall–Kier alpha value is -3.05. The van der Waals surface area contributed by atoms with Gasteiger partial charge in [0.1, 0.15) is 0 Å². The van der Waals surface area contributed by atoms with Gasteiger partial charge in [-0.05, 0) is 61.2 Å². The summed E-state index contributed by atoms with van der Waals surface area (Å²) in [5.41, 5.74) is 7.51. The molecule has 0 aliphatic heterocycles. The molecule has 0 N–H and O–H groups in total. The van der Waals surface area contributed by atoms with Crippen molar-refractivity contribution in [3.05, 3.63) is 88.7 Å². The highest BCUT2D eigenvalue weighted by Crippen LogP contribution is 2.25. The third-order valence-corrected chi connectivity index (χ3v) is 4.58. The van der Waals surface area contributed by atoms with Crippen LogP contribution in [0.2, 0.25) is 0 Å². The van der Waals surface area contributed by atoms with Crippen LogP contribution in [0.4, 0.5) is 0 Å². The fraction of sp³-hybridized carbons (Fsp3) is 0.174. The molecule has 0 spiro atoms. The Labute approximate surface area is 149 Å². The Balaban J connectivity index is 2.05. The molecule has 25 heavy (non-hydrogen) atoms. The van der Waals surface area contributed by atoms with Crippen LogP contribution in [0.25, 0.3) is 17.3 Å². The van der Waals surface area contributed by atoms with E-state index < -0.39 is 0 Å². The number of nitrogens with zero attached hydrogens (tertiary/aromatic N) is 2. The van der Waals surface area contributed by atoms with Gasteiger partial charge in [-0.2, -0.15) is 5.26 Å². The second-order valence-corrected chi connectivity index (χ2v) is 6.22. The van der Waals surface area contributed by atoms with Crippen molar-refractivity contribution in [1.82, 2.24) is 4.57 Å². The van der Waals surface area contributed by atoms with Crippen molar-refractivity contribution in [1.29, 1.82) is 5.26 Å². The van der Waals surface area contributed by atoms with Crippen molar-refractivity contribution in [2.24, 2.45) is 0 Å². The van der Waals surface area contributed by atoms with Crippen LogP contribution >= 0.6 is 0 Å². The quantitative estimate of drug-likeness (QED) is 0.564. The summed E-state index contributed by atoms with van der Waals surface area (Å²) in [4.78, 5) is 0. The van der Waals surface area contributed by atoms with Crippen LogP contribution in [-0.2, 0) is 6.42 Å².